The van der Waals surface area contributed by atoms with Gasteiger partial charge >= 0.3 is 0 Å². The maximum Gasteiger partial charge on any atom is 0.162 e. The smallest absolute Gasteiger partial charge is 0.162 e. The first kappa shape index (κ1) is 18.5. The molecule has 8 nitrogen and oxygen atoms in total. The summed E-state index contributed by atoms with van der Waals surface area (Å²) >= 11 is 0. The fraction of sp³-hybridized carbons (Fsp3) is 0.450. The Morgan fingerprint density at radius 2 is 2.04 bits per heavy atom. The number of hydrogen-bond donors (Lipinski definition) is 2. The van der Waals surface area contributed by atoms with Crippen LogP contribution in [0.5, 0.6) is 11.5 Å². The molecule has 0 atom stereocenters. The number of methoxy groups -OCH3 is 1. The second kappa shape index (κ2) is 8.43. The normalized spacial score (nSPS) is 15.6. The molecule has 1 fully saturated rings. The molecule has 28 heavy (non-hydrogen) atoms. The van der Waals surface area contributed by atoms with Crippen molar-refractivity contribution in [3.63, 3.8) is 0 Å². The van der Waals surface area contributed by atoms with E-state index in [1.165, 1.54) is 5.56 Å². The monoisotopic (exact) mass is 382 g/mol. The van der Waals surface area contributed by atoms with E-state index < -0.39 is 0 Å². The summed E-state index contributed by atoms with van der Waals surface area (Å²) in [4.78, 5) is 18.4. The number of aromatic nitrogens is 4. The molecule has 1 aliphatic rings. The highest BCUT2D eigenvalue weighted by Crippen LogP contribution is 2.29. The van der Waals surface area contributed by atoms with Crippen molar-refractivity contribution in [2.75, 3.05) is 32.1 Å². The van der Waals surface area contributed by atoms with Crippen LogP contribution in [0.4, 0.5) is 5.82 Å². The van der Waals surface area contributed by atoms with Gasteiger partial charge in [0.25, 0.3) is 0 Å². The molecule has 8 heteroatoms. The van der Waals surface area contributed by atoms with Crippen LogP contribution in [0, 0.1) is 0 Å². The van der Waals surface area contributed by atoms with E-state index in [9.17, 15) is 0 Å². The average molecular weight is 382 g/mol. The Bertz CT molecular complexity index is 920. The summed E-state index contributed by atoms with van der Waals surface area (Å²) in [5.74, 6) is 2.40. The molecule has 0 bridgehead atoms. The number of fused-ring (bicyclic) bond motifs is 1. The fourth-order valence-corrected chi connectivity index (χ4v) is 3.65. The minimum absolute atomic E-state index is 0.390. The quantitative estimate of drug-likeness (QED) is 0.649. The fourth-order valence-electron chi connectivity index (χ4n) is 3.65. The Kier molecular flexibility index (Phi) is 5.57. The maximum atomic E-state index is 5.70. The lowest BCUT2D eigenvalue weighted by atomic mass is 10.0. The number of H-pyrrole nitrogens is 1. The first-order chi connectivity index (χ1) is 13.8. The van der Waals surface area contributed by atoms with Crippen LogP contribution in [0.25, 0.3) is 11.2 Å². The number of piperidine rings is 1. The number of anilines is 1. The molecule has 0 amide bonds. The molecule has 1 aliphatic heterocycles. The summed E-state index contributed by atoms with van der Waals surface area (Å²) in [7, 11) is 1.67. The van der Waals surface area contributed by atoms with Gasteiger partial charge in [-0.3, -0.25) is 4.90 Å². The molecule has 0 aliphatic carbocycles. The number of imidazole rings is 1. The van der Waals surface area contributed by atoms with E-state index in [2.05, 4.69) is 42.3 Å². The summed E-state index contributed by atoms with van der Waals surface area (Å²) in [5, 5.41) is 3.54. The van der Waals surface area contributed by atoms with Gasteiger partial charge in [0.05, 0.1) is 20.0 Å². The summed E-state index contributed by atoms with van der Waals surface area (Å²) < 4.78 is 11.1. The number of nitrogens with one attached hydrogen (secondary N) is 2. The van der Waals surface area contributed by atoms with Crippen LogP contribution in [0.15, 0.2) is 30.9 Å². The number of benzene rings is 1. The minimum Gasteiger partial charge on any atom is -0.493 e. The standard InChI is InChI=1S/C20H26N6O2/c1-3-28-17-10-14(4-5-16(17)27-2)11-26-8-6-15(7-9-26)25-20-18-19(22-12-21-18)23-13-24-20/h4-5,10,12-13,15H,3,6-9,11H2,1-2H3,(H2,21,22,23,24,25). The number of likely N-dealkylation sites (tertiary alicyclic amines) is 1. The van der Waals surface area contributed by atoms with Crippen molar-refractivity contribution in [2.24, 2.45) is 0 Å². The number of aromatic amines is 1. The van der Waals surface area contributed by atoms with Crippen molar-refractivity contribution in [1.29, 1.82) is 0 Å². The van der Waals surface area contributed by atoms with Gasteiger partial charge in [-0.1, -0.05) is 6.07 Å². The third-order valence-electron chi connectivity index (χ3n) is 5.08. The second-order valence-electron chi connectivity index (χ2n) is 6.94. The third-order valence-corrected chi connectivity index (χ3v) is 5.08. The molecule has 148 valence electrons. The molecule has 0 unspecified atom stereocenters. The first-order valence-electron chi connectivity index (χ1n) is 9.69. The van der Waals surface area contributed by atoms with Gasteiger partial charge in [-0.2, -0.15) is 0 Å². The molecule has 3 aromatic rings. The predicted octanol–water partition coefficient (Wildman–Crippen LogP) is 2.84. The number of ether oxygens (including phenoxy) is 2. The van der Waals surface area contributed by atoms with Gasteiger partial charge in [0.2, 0.25) is 0 Å². The van der Waals surface area contributed by atoms with E-state index in [-0.39, 0.29) is 0 Å². The SMILES string of the molecule is CCOc1cc(CN2CCC(Nc3ncnc4[nH]cnc34)CC2)ccc1OC. The van der Waals surface area contributed by atoms with Gasteiger partial charge in [0.1, 0.15) is 11.8 Å². The largest absolute Gasteiger partial charge is 0.493 e. The van der Waals surface area contributed by atoms with E-state index in [4.69, 9.17) is 9.47 Å². The van der Waals surface area contributed by atoms with Gasteiger partial charge < -0.3 is 19.8 Å². The first-order valence-corrected chi connectivity index (χ1v) is 9.69. The Labute approximate surface area is 164 Å². The van der Waals surface area contributed by atoms with Crippen molar-refractivity contribution >= 4 is 17.0 Å². The third kappa shape index (κ3) is 4.01. The molecule has 0 spiro atoms. The van der Waals surface area contributed by atoms with Crippen LogP contribution in [0.3, 0.4) is 0 Å². The van der Waals surface area contributed by atoms with Crippen molar-refractivity contribution < 1.29 is 9.47 Å². The molecular formula is C20H26N6O2. The zero-order valence-corrected chi connectivity index (χ0v) is 16.3. The summed E-state index contributed by atoms with van der Waals surface area (Å²) in [6, 6.07) is 6.57. The molecule has 2 N–H and O–H groups in total. The number of rotatable bonds is 7. The number of hydrogen-bond acceptors (Lipinski definition) is 7. The van der Waals surface area contributed by atoms with Gasteiger partial charge in [-0.05, 0) is 37.5 Å². The summed E-state index contributed by atoms with van der Waals surface area (Å²) in [6.45, 7) is 5.58. The highest BCUT2D eigenvalue weighted by molar-refractivity contribution is 5.82. The predicted molar refractivity (Wildman–Crippen MR) is 108 cm³/mol. The van der Waals surface area contributed by atoms with Crippen LogP contribution in [0.2, 0.25) is 0 Å². The second-order valence-corrected chi connectivity index (χ2v) is 6.94. The zero-order chi connectivity index (χ0) is 19.3. The minimum atomic E-state index is 0.390. The Balaban J connectivity index is 1.34. The molecule has 0 saturated carbocycles. The molecule has 2 aromatic heterocycles. The molecule has 0 radical (unpaired) electrons. The van der Waals surface area contributed by atoms with Gasteiger partial charge in [0, 0.05) is 25.7 Å². The van der Waals surface area contributed by atoms with E-state index in [1.54, 1.807) is 19.8 Å². The molecule has 3 heterocycles. The molecular weight excluding hydrogens is 356 g/mol. The Morgan fingerprint density at radius 3 is 2.82 bits per heavy atom. The van der Waals surface area contributed by atoms with Crippen LogP contribution >= 0.6 is 0 Å². The van der Waals surface area contributed by atoms with Crippen LogP contribution < -0.4 is 14.8 Å². The van der Waals surface area contributed by atoms with Crippen molar-refractivity contribution in [1.82, 2.24) is 24.8 Å². The van der Waals surface area contributed by atoms with E-state index in [0.717, 1.165) is 61.0 Å². The molecule has 1 saturated heterocycles. The van der Waals surface area contributed by atoms with Crippen molar-refractivity contribution in [3.8, 4) is 11.5 Å². The summed E-state index contributed by atoms with van der Waals surface area (Å²) in [5.41, 5.74) is 2.80. The maximum absolute atomic E-state index is 5.70. The average Bonchev–Trinajstić information content (AvgIpc) is 3.20. The summed E-state index contributed by atoms with van der Waals surface area (Å²) in [6.07, 6.45) is 5.34. The molecule has 1 aromatic carbocycles. The Morgan fingerprint density at radius 1 is 1.18 bits per heavy atom. The lowest BCUT2D eigenvalue weighted by Crippen LogP contribution is -2.38. The molecule has 4 rings (SSSR count). The van der Waals surface area contributed by atoms with E-state index in [0.29, 0.717) is 12.6 Å². The van der Waals surface area contributed by atoms with Gasteiger partial charge in [-0.15, -0.1) is 0 Å². The van der Waals surface area contributed by atoms with Crippen molar-refractivity contribution in [3.05, 3.63) is 36.4 Å². The van der Waals surface area contributed by atoms with Crippen LogP contribution in [-0.4, -0.2) is 57.7 Å². The van der Waals surface area contributed by atoms with E-state index >= 15 is 0 Å². The van der Waals surface area contributed by atoms with Crippen molar-refractivity contribution in [2.45, 2.75) is 32.4 Å². The highest BCUT2D eigenvalue weighted by atomic mass is 16.5. The Hall–Kier alpha value is -2.87. The lowest BCUT2D eigenvalue weighted by Gasteiger charge is -2.32. The van der Waals surface area contributed by atoms with Gasteiger partial charge in [0.15, 0.2) is 23.0 Å². The lowest BCUT2D eigenvalue weighted by molar-refractivity contribution is 0.210. The number of nitrogens with zero attached hydrogens (tertiary/aromatic N) is 4. The highest BCUT2D eigenvalue weighted by Gasteiger charge is 2.21. The van der Waals surface area contributed by atoms with Crippen LogP contribution in [-0.2, 0) is 6.54 Å². The topological polar surface area (TPSA) is 88.2 Å². The van der Waals surface area contributed by atoms with Crippen LogP contribution in [0.1, 0.15) is 25.3 Å². The van der Waals surface area contributed by atoms with E-state index in [1.807, 2.05) is 13.0 Å². The van der Waals surface area contributed by atoms with Gasteiger partial charge in [-0.25, -0.2) is 15.0 Å². The zero-order valence-electron chi connectivity index (χ0n) is 16.3.